The van der Waals surface area contributed by atoms with E-state index in [1.165, 1.54) is 0 Å². The molecule has 0 fully saturated rings. The van der Waals surface area contributed by atoms with E-state index in [4.69, 9.17) is 0 Å². The first-order valence-electron chi connectivity index (χ1n) is 2.89. The summed E-state index contributed by atoms with van der Waals surface area (Å²) in [5, 5.41) is 2.85. The minimum atomic E-state index is -0.0718. The first-order valence-corrected chi connectivity index (χ1v) is 4.28. The third kappa shape index (κ3) is 4.48. The fraction of sp³-hybridized carbons (Fsp3) is 0.833. The number of hydrogen-bond acceptors (Lipinski definition) is 3. The van der Waals surface area contributed by atoms with Crippen molar-refractivity contribution in [3.05, 3.63) is 0 Å². The van der Waals surface area contributed by atoms with E-state index in [-0.39, 0.29) is 6.04 Å². The molecule has 1 atom stereocenters. The summed E-state index contributed by atoms with van der Waals surface area (Å²) in [6, 6.07) is -0.0718. The molecule has 9 heavy (non-hydrogen) atoms. The molecular formula is C6H12NOS. The smallest absolute Gasteiger partial charge is 0.216 e. The third-order valence-electron chi connectivity index (χ3n) is 1.10. The highest BCUT2D eigenvalue weighted by Gasteiger charge is 2.01. The lowest BCUT2D eigenvalue weighted by Crippen LogP contribution is -2.26. The Hall–Kier alpha value is -0.0200. The zero-order valence-electron chi connectivity index (χ0n) is 5.81. The van der Waals surface area contributed by atoms with Gasteiger partial charge < -0.3 is 5.32 Å². The highest BCUT2D eigenvalue weighted by Crippen LogP contribution is 1.97. The van der Waals surface area contributed by atoms with Gasteiger partial charge in [0.1, 0.15) is 0 Å². The van der Waals surface area contributed by atoms with Crippen LogP contribution in [0.3, 0.4) is 0 Å². The molecule has 0 aliphatic rings. The predicted octanol–water partition coefficient (Wildman–Crippen LogP) is 0.437. The zero-order chi connectivity index (χ0) is 7.11. The van der Waals surface area contributed by atoms with Gasteiger partial charge in [-0.1, -0.05) is 0 Å². The van der Waals surface area contributed by atoms with Gasteiger partial charge >= 0.3 is 0 Å². The molecule has 53 valence electrons. The quantitative estimate of drug-likeness (QED) is 0.610. The van der Waals surface area contributed by atoms with Gasteiger partial charge in [-0.2, -0.15) is 11.8 Å². The van der Waals surface area contributed by atoms with Gasteiger partial charge in [0.15, 0.2) is 0 Å². The maximum Gasteiger partial charge on any atom is 0.216 e. The van der Waals surface area contributed by atoms with Crippen molar-refractivity contribution in [1.29, 1.82) is 0 Å². The van der Waals surface area contributed by atoms with E-state index in [0.29, 0.717) is 0 Å². The maximum atomic E-state index is 10.0. The predicted molar refractivity (Wildman–Crippen MR) is 41.5 cm³/mol. The van der Waals surface area contributed by atoms with Crippen LogP contribution in [0.4, 0.5) is 0 Å². The topological polar surface area (TPSA) is 29.1 Å². The lowest BCUT2D eigenvalue weighted by molar-refractivity contribution is 0.524. The monoisotopic (exact) mass is 146 g/mol. The Morgan fingerprint density at radius 3 is 2.78 bits per heavy atom. The first kappa shape index (κ1) is 8.98. The molecule has 1 unspecified atom stereocenters. The van der Waals surface area contributed by atoms with E-state index in [1.807, 2.05) is 12.5 Å². The Labute approximate surface area is 60.4 Å². The fourth-order valence-corrected chi connectivity index (χ4v) is 0.969. The average Bonchev–Trinajstić information content (AvgIpc) is 1.91. The summed E-state index contributed by atoms with van der Waals surface area (Å²) < 4.78 is 0. The van der Waals surface area contributed by atoms with Gasteiger partial charge in [0.2, 0.25) is 6.29 Å². The van der Waals surface area contributed by atoms with Gasteiger partial charge in [0.05, 0.1) is 6.04 Å². The van der Waals surface area contributed by atoms with Crippen LogP contribution in [0.2, 0.25) is 0 Å². The van der Waals surface area contributed by atoms with Crippen molar-refractivity contribution < 1.29 is 4.79 Å². The summed E-state index contributed by atoms with van der Waals surface area (Å²) in [6.45, 7) is 0. The highest BCUT2D eigenvalue weighted by atomic mass is 32.2. The minimum Gasteiger partial charge on any atom is -0.310 e. The highest BCUT2D eigenvalue weighted by molar-refractivity contribution is 7.98. The van der Waals surface area contributed by atoms with Gasteiger partial charge in [0, 0.05) is 0 Å². The molecule has 0 rings (SSSR count). The van der Waals surface area contributed by atoms with Gasteiger partial charge in [-0.05, 0) is 25.5 Å². The van der Waals surface area contributed by atoms with Crippen molar-refractivity contribution in [3.63, 3.8) is 0 Å². The molecule has 0 aromatic carbocycles. The molecule has 0 amide bonds. The van der Waals surface area contributed by atoms with Crippen LogP contribution in [0.25, 0.3) is 0 Å². The summed E-state index contributed by atoms with van der Waals surface area (Å²) in [5.74, 6) is 1.01. The van der Waals surface area contributed by atoms with Crippen LogP contribution in [0.5, 0.6) is 0 Å². The minimum absolute atomic E-state index is 0.0718. The molecule has 1 N–H and O–H groups in total. The molecule has 0 aromatic rings. The first-order chi connectivity index (χ1) is 4.35. The SMILES string of the molecule is CNC([C]=O)CCSC. The fourth-order valence-electron chi connectivity index (χ4n) is 0.498. The number of thioether (sulfide) groups is 1. The standard InChI is InChI=1S/C6H12NOS/c1-7-6(5-8)3-4-9-2/h6-7H,3-4H2,1-2H3. The van der Waals surface area contributed by atoms with Gasteiger partial charge in [-0.25, -0.2) is 0 Å². The second-order valence-corrected chi connectivity index (χ2v) is 2.73. The van der Waals surface area contributed by atoms with Crippen LogP contribution in [0.1, 0.15) is 6.42 Å². The molecule has 0 spiro atoms. The molecule has 0 bridgehead atoms. The number of likely N-dealkylation sites (N-methyl/N-ethyl adjacent to an activating group) is 1. The van der Waals surface area contributed by atoms with Crippen molar-refractivity contribution in [2.75, 3.05) is 19.1 Å². The molecule has 0 aliphatic heterocycles. The molecule has 0 saturated heterocycles. The van der Waals surface area contributed by atoms with Crippen LogP contribution in [-0.4, -0.2) is 31.4 Å². The number of nitrogens with one attached hydrogen (secondary N) is 1. The van der Waals surface area contributed by atoms with E-state index in [0.717, 1.165) is 12.2 Å². The number of carbonyl (C=O) groups excluding carboxylic acids is 1. The Morgan fingerprint density at radius 2 is 2.44 bits per heavy atom. The summed E-state index contributed by atoms with van der Waals surface area (Å²) in [5.41, 5.74) is 0. The van der Waals surface area contributed by atoms with Crippen LogP contribution < -0.4 is 5.32 Å². The van der Waals surface area contributed by atoms with Gasteiger partial charge in [-0.15, -0.1) is 0 Å². The van der Waals surface area contributed by atoms with Crippen molar-refractivity contribution in [2.24, 2.45) is 0 Å². The third-order valence-corrected chi connectivity index (χ3v) is 1.75. The van der Waals surface area contributed by atoms with Crippen LogP contribution >= 0.6 is 11.8 Å². The molecule has 3 heteroatoms. The van der Waals surface area contributed by atoms with E-state index in [9.17, 15) is 4.79 Å². The maximum absolute atomic E-state index is 10.0. The van der Waals surface area contributed by atoms with Crippen molar-refractivity contribution in [2.45, 2.75) is 12.5 Å². The summed E-state index contributed by atoms with van der Waals surface area (Å²) in [6.07, 6.45) is 4.81. The second-order valence-electron chi connectivity index (χ2n) is 1.74. The van der Waals surface area contributed by atoms with E-state index < -0.39 is 0 Å². The van der Waals surface area contributed by atoms with Crippen molar-refractivity contribution in [1.82, 2.24) is 5.32 Å². The summed E-state index contributed by atoms with van der Waals surface area (Å²) >= 11 is 1.74. The summed E-state index contributed by atoms with van der Waals surface area (Å²) in [7, 11) is 1.77. The van der Waals surface area contributed by atoms with E-state index in [2.05, 4.69) is 5.32 Å². The Bertz CT molecular complexity index is 77.5. The number of hydrogen-bond donors (Lipinski definition) is 1. The molecule has 0 aromatic heterocycles. The Morgan fingerprint density at radius 1 is 1.78 bits per heavy atom. The lowest BCUT2D eigenvalue weighted by atomic mass is 10.3. The number of rotatable bonds is 5. The van der Waals surface area contributed by atoms with Crippen LogP contribution in [-0.2, 0) is 4.79 Å². The molecule has 0 aliphatic carbocycles. The van der Waals surface area contributed by atoms with Crippen molar-refractivity contribution in [3.8, 4) is 0 Å². The summed E-state index contributed by atoms with van der Waals surface area (Å²) in [4.78, 5) is 10.0. The zero-order valence-corrected chi connectivity index (χ0v) is 6.62. The Balaban J connectivity index is 3.20. The molecule has 1 radical (unpaired) electrons. The van der Waals surface area contributed by atoms with Crippen LogP contribution in [0.15, 0.2) is 0 Å². The molecule has 2 nitrogen and oxygen atoms in total. The molecule has 0 heterocycles. The Kier molecular flexibility index (Phi) is 6.09. The second kappa shape index (κ2) is 6.11. The average molecular weight is 146 g/mol. The largest absolute Gasteiger partial charge is 0.310 e. The van der Waals surface area contributed by atoms with Crippen LogP contribution in [0, 0.1) is 0 Å². The molecular weight excluding hydrogens is 134 g/mol. The lowest BCUT2D eigenvalue weighted by Gasteiger charge is -2.04. The van der Waals surface area contributed by atoms with E-state index in [1.54, 1.807) is 18.8 Å². The molecule has 0 saturated carbocycles. The van der Waals surface area contributed by atoms with E-state index >= 15 is 0 Å². The van der Waals surface area contributed by atoms with Gasteiger partial charge in [0.25, 0.3) is 0 Å². The normalized spacial score (nSPS) is 13.1. The van der Waals surface area contributed by atoms with Crippen molar-refractivity contribution >= 4 is 18.0 Å². The van der Waals surface area contributed by atoms with Gasteiger partial charge in [-0.3, -0.25) is 4.79 Å².